The molecule has 2 unspecified atom stereocenters. The molecule has 0 heterocycles. The summed E-state index contributed by atoms with van der Waals surface area (Å²) in [6.45, 7) is 13.6. The van der Waals surface area contributed by atoms with Gasteiger partial charge in [0, 0.05) is 12.2 Å². The fourth-order valence-electron chi connectivity index (χ4n) is 3.89. The summed E-state index contributed by atoms with van der Waals surface area (Å²) in [6, 6.07) is 2.15. The molecule has 0 aromatic carbocycles. The van der Waals surface area contributed by atoms with Gasteiger partial charge in [-0.3, -0.25) is 0 Å². The maximum absolute atomic E-state index is 6.61. The average molecular weight is 401 g/mol. The van der Waals surface area contributed by atoms with E-state index in [0.29, 0.717) is 12.2 Å². The van der Waals surface area contributed by atoms with Crippen molar-refractivity contribution < 1.29 is 8.85 Å². The molecule has 0 fully saturated rings. The highest BCUT2D eigenvalue weighted by atomic mass is 28.4. The minimum atomic E-state index is -2.03. The monoisotopic (exact) mass is 400 g/mol. The van der Waals surface area contributed by atoms with E-state index in [2.05, 4.69) is 41.5 Å². The van der Waals surface area contributed by atoms with Crippen molar-refractivity contribution in [2.24, 2.45) is 0 Å². The van der Waals surface area contributed by atoms with Crippen molar-refractivity contribution >= 4 is 8.56 Å². The largest absolute Gasteiger partial charge is 0.391 e. The van der Waals surface area contributed by atoms with Gasteiger partial charge in [0.15, 0.2) is 0 Å². The van der Waals surface area contributed by atoms with E-state index in [1.165, 1.54) is 89.9 Å². The van der Waals surface area contributed by atoms with Gasteiger partial charge in [0.25, 0.3) is 0 Å². The van der Waals surface area contributed by atoms with Gasteiger partial charge in [0.05, 0.1) is 0 Å². The molecule has 0 saturated carbocycles. The highest BCUT2D eigenvalue weighted by molar-refractivity contribution is 6.67. The molecule has 0 amide bonds. The van der Waals surface area contributed by atoms with Crippen LogP contribution in [0.2, 0.25) is 12.1 Å². The van der Waals surface area contributed by atoms with Crippen LogP contribution >= 0.6 is 0 Å². The summed E-state index contributed by atoms with van der Waals surface area (Å²) in [5.74, 6) is 0. The van der Waals surface area contributed by atoms with Gasteiger partial charge >= 0.3 is 8.56 Å². The van der Waals surface area contributed by atoms with E-state index in [1.54, 1.807) is 0 Å². The molecule has 0 aliphatic carbocycles. The molecule has 0 bridgehead atoms. The lowest BCUT2D eigenvalue weighted by atomic mass is 10.1. The third-order valence-electron chi connectivity index (χ3n) is 5.84. The normalized spacial score (nSPS) is 14.4. The Morgan fingerprint density at radius 3 is 1.19 bits per heavy atom. The highest BCUT2D eigenvalue weighted by Crippen LogP contribution is 2.26. The molecule has 0 saturated heterocycles. The fourth-order valence-corrected chi connectivity index (χ4v) is 6.81. The van der Waals surface area contributed by atoms with Gasteiger partial charge < -0.3 is 8.85 Å². The SMILES string of the molecule is CCCCCCCCC(C)O[Si](CC)(CC)OC(C)CCCCCCCC. The first-order valence-electron chi connectivity index (χ1n) is 12.4. The second-order valence-electron chi connectivity index (χ2n) is 8.59. The van der Waals surface area contributed by atoms with Crippen LogP contribution in [0.4, 0.5) is 0 Å². The van der Waals surface area contributed by atoms with E-state index >= 15 is 0 Å². The Balaban J connectivity index is 4.12. The standard InChI is InChI=1S/C24H52O2Si/c1-7-11-13-15-17-19-21-23(5)25-27(9-3,10-4)26-24(6)22-20-18-16-14-12-8-2/h23-24H,7-22H2,1-6H3. The molecule has 0 aromatic heterocycles. The lowest BCUT2D eigenvalue weighted by molar-refractivity contribution is 0.0819. The molecule has 164 valence electrons. The summed E-state index contributed by atoms with van der Waals surface area (Å²) in [7, 11) is -2.03. The summed E-state index contributed by atoms with van der Waals surface area (Å²) >= 11 is 0. The van der Waals surface area contributed by atoms with Crippen molar-refractivity contribution in [3.63, 3.8) is 0 Å². The molecule has 0 N–H and O–H groups in total. The smallest absolute Gasteiger partial charge is 0.338 e. The first kappa shape index (κ1) is 27.1. The van der Waals surface area contributed by atoms with Crippen LogP contribution < -0.4 is 0 Å². The predicted octanol–water partition coefficient (Wildman–Crippen LogP) is 8.78. The van der Waals surface area contributed by atoms with E-state index < -0.39 is 8.56 Å². The summed E-state index contributed by atoms with van der Waals surface area (Å²) in [5, 5.41) is 0. The van der Waals surface area contributed by atoms with Crippen molar-refractivity contribution in [1.29, 1.82) is 0 Å². The Bertz CT molecular complexity index is 279. The van der Waals surface area contributed by atoms with Crippen LogP contribution in [0.1, 0.15) is 131 Å². The van der Waals surface area contributed by atoms with E-state index in [0.717, 1.165) is 12.1 Å². The molecule has 2 nitrogen and oxygen atoms in total. The number of unbranched alkanes of at least 4 members (excludes halogenated alkanes) is 10. The third-order valence-corrected chi connectivity index (χ3v) is 9.66. The van der Waals surface area contributed by atoms with Crippen LogP contribution in [0.25, 0.3) is 0 Å². The van der Waals surface area contributed by atoms with Gasteiger partial charge in [0.2, 0.25) is 0 Å². The molecule has 2 atom stereocenters. The molecular weight excluding hydrogens is 348 g/mol. The zero-order valence-electron chi connectivity index (χ0n) is 19.8. The van der Waals surface area contributed by atoms with Crippen LogP contribution in [0, 0.1) is 0 Å². The first-order valence-corrected chi connectivity index (χ1v) is 14.6. The maximum atomic E-state index is 6.61. The molecule has 0 aromatic rings. The summed E-state index contributed by atoms with van der Waals surface area (Å²) < 4.78 is 13.2. The van der Waals surface area contributed by atoms with Crippen LogP contribution in [0.3, 0.4) is 0 Å². The van der Waals surface area contributed by atoms with E-state index in [-0.39, 0.29) is 0 Å². The Morgan fingerprint density at radius 2 is 0.852 bits per heavy atom. The van der Waals surface area contributed by atoms with Gasteiger partial charge in [-0.1, -0.05) is 105 Å². The summed E-state index contributed by atoms with van der Waals surface area (Å²) in [6.07, 6.45) is 19.4. The molecule has 27 heavy (non-hydrogen) atoms. The van der Waals surface area contributed by atoms with Crippen LogP contribution in [-0.4, -0.2) is 20.8 Å². The predicted molar refractivity (Wildman–Crippen MR) is 124 cm³/mol. The fraction of sp³-hybridized carbons (Fsp3) is 1.00. The summed E-state index contributed by atoms with van der Waals surface area (Å²) in [4.78, 5) is 0. The Kier molecular flexibility index (Phi) is 18.3. The minimum absolute atomic E-state index is 0.351. The van der Waals surface area contributed by atoms with Crippen LogP contribution in [0.5, 0.6) is 0 Å². The maximum Gasteiger partial charge on any atom is 0.338 e. The molecular formula is C24H52O2Si. The van der Waals surface area contributed by atoms with Crippen molar-refractivity contribution in [3.05, 3.63) is 0 Å². The van der Waals surface area contributed by atoms with Crippen LogP contribution in [-0.2, 0) is 8.85 Å². The lowest BCUT2D eigenvalue weighted by Gasteiger charge is -2.34. The van der Waals surface area contributed by atoms with E-state index in [4.69, 9.17) is 8.85 Å². The topological polar surface area (TPSA) is 18.5 Å². The van der Waals surface area contributed by atoms with Crippen molar-refractivity contribution in [3.8, 4) is 0 Å². The Labute approximate surface area is 173 Å². The van der Waals surface area contributed by atoms with E-state index in [1.807, 2.05) is 0 Å². The van der Waals surface area contributed by atoms with Crippen molar-refractivity contribution in [2.75, 3.05) is 0 Å². The third kappa shape index (κ3) is 14.7. The van der Waals surface area contributed by atoms with Gasteiger partial charge in [0.1, 0.15) is 0 Å². The van der Waals surface area contributed by atoms with Gasteiger partial charge in [-0.15, -0.1) is 0 Å². The number of hydrogen-bond donors (Lipinski definition) is 0. The molecule has 0 aliphatic heterocycles. The second kappa shape index (κ2) is 18.2. The first-order chi connectivity index (χ1) is 13.0. The van der Waals surface area contributed by atoms with Gasteiger partial charge in [-0.2, -0.15) is 0 Å². The number of hydrogen-bond acceptors (Lipinski definition) is 2. The Morgan fingerprint density at radius 1 is 0.519 bits per heavy atom. The van der Waals surface area contributed by atoms with Crippen LogP contribution in [0.15, 0.2) is 0 Å². The zero-order chi connectivity index (χ0) is 20.4. The summed E-state index contributed by atoms with van der Waals surface area (Å²) in [5.41, 5.74) is 0. The van der Waals surface area contributed by atoms with Gasteiger partial charge in [-0.25, -0.2) is 0 Å². The average Bonchev–Trinajstić information content (AvgIpc) is 2.66. The molecule has 0 spiro atoms. The zero-order valence-corrected chi connectivity index (χ0v) is 20.8. The Hall–Kier alpha value is 0.137. The van der Waals surface area contributed by atoms with E-state index in [9.17, 15) is 0 Å². The minimum Gasteiger partial charge on any atom is -0.391 e. The molecule has 0 rings (SSSR count). The lowest BCUT2D eigenvalue weighted by Crippen LogP contribution is -2.45. The molecule has 0 radical (unpaired) electrons. The molecule has 0 aliphatic rings. The van der Waals surface area contributed by atoms with Gasteiger partial charge in [-0.05, 0) is 38.8 Å². The highest BCUT2D eigenvalue weighted by Gasteiger charge is 2.36. The van der Waals surface area contributed by atoms with Crippen molar-refractivity contribution in [2.45, 2.75) is 156 Å². The second-order valence-corrected chi connectivity index (χ2v) is 12.3. The van der Waals surface area contributed by atoms with Crippen molar-refractivity contribution in [1.82, 2.24) is 0 Å². The number of rotatable bonds is 20. The molecule has 3 heteroatoms. The quantitative estimate of drug-likeness (QED) is 0.150.